The molecule has 0 amide bonds. The van der Waals surface area contributed by atoms with Gasteiger partial charge in [0.25, 0.3) is 10.0 Å². The maximum Gasteiger partial charge on any atom is 0.252 e. The quantitative estimate of drug-likeness (QED) is 0.831. The second-order valence-corrected chi connectivity index (χ2v) is 9.45. The van der Waals surface area contributed by atoms with Gasteiger partial charge in [-0.25, -0.2) is 8.42 Å². The molecule has 0 aromatic carbocycles. The van der Waals surface area contributed by atoms with Gasteiger partial charge in [-0.15, -0.1) is 11.3 Å². The lowest BCUT2D eigenvalue weighted by Crippen LogP contribution is -2.42. The number of rotatable bonds is 2. The Kier molecular flexibility index (Phi) is 3.97. The third-order valence-corrected chi connectivity index (χ3v) is 6.90. The second kappa shape index (κ2) is 4.99. The highest BCUT2D eigenvalue weighted by Gasteiger charge is 2.32. The van der Waals surface area contributed by atoms with E-state index in [2.05, 4.69) is 29.8 Å². The number of piperidine rings is 1. The highest BCUT2D eigenvalue weighted by atomic mass is 79.9. The molecule has 6 heteroatoms. The van der Waals surface area contributed by atoms with Crippen molar-refractivity contribution in [3.05, 3.63) is 15.9 Å². The summed E-state index contributed by atoms with van der Waals surface area (Å²) in [6.07, 6.45) is 1.11. The molecular formula is C11H16BrNO2S2. The molecule has 0 saturated carbocycles. The number of hydrogen-bond acceptors (Lipinski definition) is 3. The lowest BCUT2D eigenvalue weighted by molar-refractivity contribution is 0.223. The van der Waals surface area contributed by atoms with Crippen LogP contribution in [0.5, 0.6) is 0 Å². The molecular weight excluding hydrogens is 322 g/mol. The molecule has 0 aliphatic carbocycles. The minimum atomic E-state index is -3.29. The Morgan fingerprint density at radius 3 is 2.35 bits per heavy atom. The Bertz CT molecular complexity index is 487. The Hall–Kier alpha value is 0.0900. The van der Waals surface area contributed by atoms with Crippen LogP contribution in [0.3, 0.4) is 0 Å². The van der Waals surface area contributed by atoms with Crippen molar-refractivity contribution < 1.29 is 8.42 Å². The smallest absolute Gasteiger partial charge is 0.206 e. The van der Waals surface area contributed by atoms with Crippen molar-refractivity contribution in [3.8, 4) is 0 Å². The SMILES string of the molecule is C[C@@H]1C[C@H](C)CN(S(=O)(=O)c2ccc(Br)s2)C1. The van der Waals surface area contributed by atoms with Crippen molar-refractivity contribution in [2.75, 3.05) is 13.1 Å². The van der Waals surface area contributed by atoms with Gasteiger partial charge >= 0.3 is 0 Å². The van der Waals surface area contributed by atoms with Crippen LogP contribution in [0.2, 0.25) is 0 Å². The highest BCUT2D eigenvalue weighted by molar-refractivity contribution is 9.11. The number of halogens is 1. The van der Waals surface area contributed by atoms with E-state index >= 15 is 0 Å². The van der Waals surface area contributed by atoms with E-state index in [-0.39, 0.29) is 0 Å². The zero-order valence-electron chi connectivity index (χ0n) is 9.89. The van der Waals surface area contributed by atoms with E-state index in [1.54, 1.807) is 16.4 Å². The van der Waals surface area contributed by atoms with E-state index in [9.17, 15) is 8.42 Å². The Balaban J connectivity index is 2.26. The maximum atomic E-state index is 12.4. The first-order valence-electron chi connectivity index (χ1n) is 5.65. The van der Waals surface area contributed by atoms with Gasteiger partial charge in [-0.3, -0.25) is 0 Å². The molecule has 1 aliphatic heterocycles. The summed E-state index contributed by atoms with van der Waals surface area (Å²) in [6.45, 7) is 5.51. The van der Waals surface area contributed by atoms with E-state index in [1.165, 1.54) is 11.3 Å². The molecule has 96 valence electrons. The first kappa shape index (κ1) is 13.5. The monoisotopic (exact) mass is 337 g/mol. The van der Waals surface area contributed by atoms with Crippen LogP contribution in [0.1, 0.15) is 20.3 Å². The molecule has 1 aromatic rings. The van der Waals surface area contributed by atoms with Gasteiger partial charge in [0.2, 0.25) is 0 Å². The third-order valence-electron chi connectivity index (χ3n) is 2.98. The van der Waals surface area contributed by atoms with Crippen LogP contribution >= 0.6 is 27.3 Å². The molecule has 1 aromatic heterocycles. The van der Waals surface area contributed by atoms with Gasteiger partial charge in [0.1, 0.15) is 4.21 Å². The van der Waals surface area contributed by atoms with Crippen LogP contribution in [0.25, 0.3) is 0 Å². The third kappa shape index (κ3) is 2.92. The van der Waals surface area contributed by atoms with Crippen molar-refractivity contribution in [3.63, 3.8) is 0 Å². The van der Waals surface area contributed by atoms with E-state index in [4.69, 9.17) is 0 Å². The Labute approximate surface area is 115 Å². The molecule has 0 N–H and O–H groups in total. The fourth-order valence-electron chi connectivity index (χ4n) is 2.37. The van der Waals surface area contributed by atoms with Gasteiger partial charge in [-0.1, -0.05) is 13.8 Å². The van der Waals surface area contributed by atoms with Gasteiger partial charge in [0.05, 0.1) is 3.79 Å². The van der Waals surface area contributed by atoms with Gasteiger partial charge in [0, 0.05) is 13.1 Å². The van der Waals surface area contributed by atoms with Gasteiger partial charge in [-0.2, -0.15) is 4.31 Å². The molecule has 3 nitrogen and oxygen atoms in total. The van der Waals surface area contributed by atoms with Crippen molar-refractivity contribution in [1.82, 2.24) is 4.31 Å². The number of thiophene rings is 1. The molecule has 0 radical (unpaired) electrons. The first-order valence-corrected chi connectivity index (χ1v) is 8.70. The Morgan fingerprint density at radius 2 is 1.88 bits per heavy atom. The van der Waals surface area contributed by atoms with Crippen LogP contribution in [0.15, 0.2) is 20.1 Å². The molecule has 1 saturated heterocycles. The van der Waals surface area contributed by atoms with E-state index in [1.807, 2.05) is 0 Å². The fourth-order valence-corrected chi connectivity index (χ4v) is 6.21. The van der Waals surface area contributed by atoms with E-state index in [0.29, 0.717) is 29.1 Å². The summed E-state index contributed by atoms with van der Waals surface area (Å²) in [5.41, 5.74) is 0. The summed E-state index contributed by atoms with van der Waals surface area (Å²) >= 11 is 4.59. The van der Waals surface area contributed by atoms with Gasteiger partial charge < -0.3 is 0 Å². The minimum Gasteiger partial charge on any atom is -0.206 e. The molecule has 0 spiro atoms. The van der Waals surface area contributed by atoms with Gasteiger partial charge in [0.15, 0.2) is 0 Å². The lowest BCUT2D eigenvalue weighted by atomic mass is 9.94. The van der Waals surface area contributed by atoms with E-state index < -0.39 is 10.0 Å². The zero-order valence-corrected chi connectivity index (χ0v) is 13.1. The van der Waals surface area contributed by atoms with Crippen molar-refractivity contribution >= 4 is 37.3 Å². The van der Waals surface area contributed by atoms with Crippen LogP contribution in [0.4, 0.5) is 0 Å². The molecule has 2 rings (SSSR count). The average Bonchev–Trinajstić information content (AvgIpc) is 2.64. The normalized spacial score (nSPS) is 27.2. The van der Waals surface area contributed by atoms with Gasteiger partial charge in [-0.05, 0) is 46.3 Å². The summed E-state index contributed by atoms with van der Waals surface area (Å²) < 4.78 is 27.7. The van der Waals surface area contributed by atoms with E-state index in [0.717, 1.165) is 10.2 Å². The summed E-state index contributed by atoms with van der Waals surface area (Å²) in [4.78, 5) is 0. The van der Waals surface area contributed by atoms with Crippen LogP contribution in [-0.4, -0.2) is 25.8 Å². The standard InChI is InChI=1S/C11H16BrNO2S2/c1-8-5-9(2)7-13(6-8)17(14,15)11-4-3-10(12)16-11/h3-4,8-9H,5-7H2,1-2H3/t8-,9+. The maximum absolute atomic E-state index is 12.4. The largest absolute Gasteiger partial charge is 0.252 e. The minimum absolute atomic E-state index is 0.436. The fraction of sp³-hybridized carbons (Fsp3) is 0.636. The lowest BCUT2D eigenvalue weighted by Gasteiger charge is -2.33. The summed E-state index contributed by atoms with van der Waals surface area (Å²) in [5, 5.41) is 0. The molecule has 1 fully saturated rings. The molecule has 17 heavy (non-hydrogen) atoms. The Morgan fingerprint density at radius 1 is 1.29 bits per heavy atom. The molecule has 1 aliphatic rings. The van der Waals surface area contributed by atoms with Crippen LogP contribution in [0, 0.1) is 11.8 Å². The number of nitrogens with zero attached hydrogens (tertiary/aromatic N) is 1. The molecule has 2 heterocycles. The second-order valence-electron chi connectivity index (χ2n) is 4.83. The predicted octanol–water partition coefficient (Wildman–Crippen LogP) is 3.18. The summed E-state index contributed by atoms with van der Waals surface area (Å²) in [5.74, 6) is 0.883. The highest BCUT2D eigenvalue weighted by Crippen LogP contribution is 2.31. The van der Waals surface area contributed by atoms with Crippen LogP contribution in [-0.2, 0) is 10.0 Å². The molecule has 0 unspecified atom stereocenters. The zero-order chi connectivity index (χ0) is 12.6. The van der Waals surface area contributed by atoms with Crippen LogP contribution < -0.4 is 0 Å². The first-order chi connectivity index (χ1) is 7.89. The topological polar surface area (TPSA) is 37.4 Å². The predicted molar refractivity (Wildman–Crippen MR) is 73.7 cm³/mol. The average molecular weight is 338 g/mol. The van der Waals surface area contributed by atoms with Crippen molar-refractivity contribution in [2.24, 2.45) is 11.8 Å². The number of sulfonamides is 1. The van der Waals surface area contributed by atoms with Crippen molar-refractivity contribution in [2.45, 2.75) is 24.5 Å². The summed E-state index contributed by atoms with van der Waals surface area (Å²) in [6, 6.07) is 3.46. The molecule has 2 atom stereocenters. The number of hydrogen-bond donors (Lipinski definition) is 0. The van der Waals surface area contributed by atoms with Crippen molar-refractivity contribution in [1.29, 1.82) is 0 Å². The summed E-state index contributed by atoms with van der Waals surface area (Å²) in [7, 11) is -3.29. The molecule has 0 bridgehead atoms.